The molecule has 0 atom stereocenters. The highest BCUT2D eigenvalue weighted by Gasteiger charge is 2.12. The number of hydrogen-bond donors (Lipinski definition) is 2. The highest BCUT2D eigenvalue weighted by Crippen LogP contribution is 2.19. The van der Waals surface area contributed by atoms with Crippen LogP contribution in [0.1, 0.15) is 27.4 Å². The fourth-order valence-electron chi connectivity index (χ4n) is 1.69. The number of benzene rings is 1. The molecule has 2 aromatic rings. The average molecular weight is 280 g/mol. The summed E-state index contributed by atoms with van der Waals surface area (Å²) in [4.78, 5) is 12.0. The van der Waals surface area contributed by atoms with E-state index in [2.05, 4.69) is 10.5 Å². The van der Waals surface area contributed by atoms with Crippen LogP contribution in [0.3, 0.4) is 0 Å². The van der Waals surface area contributed by atoms with Gasteiger partial charge in [-0.25, -0.2) is 0 Å². The molecule has 1 amide bonds. The first-order valence-corrected chi connectivity index (χ1v) is 6.12. The zero-order valence-corrected chi connectivity index (χ0v) is 11.4. The molecule has 0 bridgehead atoms. The van der Waals surface area contributed by atoms with Crippen LogP contribution in [-0.4, -0.2) is 11.1 Å². The summed E-state index contributed by atoms with van der Waals surface area (Å²) in [7, 11) is 0. The zero-order valence-electron chi connectivity index (χ0n) is 10.7. The van der Waals surface area contributed by atoms with Crippen LogP contribution in [0.25, 0.3) is 0 Å². The second kappa shape index (κ2) is 5.32. The summed E-state index contributed by atoms with van der Waals surface area (Å²) in [5.41, 5.74) is 8.16. The van der Waals surface area contributed by atoms with Gasteiger partial charge in [-0.2, -0.15) is 0 Å². The van der Waals surface area contributed by atoms with Crippen molar-refractivity contribution in [3.8, 4) is 0 Å². The summed E-state index contributed by atoms with van der Waals surface area (Å²) in [6.07, 6.45) is 0. The molecule has 0 aliphatic heterocycles. The van der Waals surface area contributed by atoms with Crippen molar-refractivity contribution in [3.05, 3.63) is 45.8 Å². The number of halogens is 1. The van der Waals surface area contributed by atoms with Gasteiger partial charge < -0.3 is 15.6 Å². The van der Waals surface area contributed by atoms with E-state index >= 15 is 0 Å². The van der Waals surface area contributed by atoms with Gasteiger partial charge in [-0.1, -0.05) is 16.8 Å². The number of amides is 1. The maximum atomic E-state index is 12.0. The minimum Gasteiger partial charge on any atom is -0.398 e. The number of anilines is 1. The van der Waals surface area contributed by atoms with Crippen LogP contribution >= 0.6 is 11.6 Å². The molecule has 0 fully saturated rings. The Hall–Kier alpha value is -2.01. The second-order valence-electron chi connectivity index (χ2n) is 4.22. The molecule has 3 N–H and O–H groups in total. The molecule has 0 saturated heterocycles. The van der Waals surface area contributed by atoms with Crippen molar-refractivity contribution in [1.82, 2.24) is 10.5 Å². The van der Waals surface area contributed by atoms with Gasteiger partial charge in [0.2, 0.25) is 0 Å². The molecule has 1 aromatic heterocycles. The van der Waals surface area contributed by atoms with Crippen LogP contribution in [0, 0.1) is 13.8 Å². The number of rotatable bonds is 3. The Morgan fingerprint density at radius 2 is 2.21 bits per heavy atom. The second-order valence-corrected chi connectivity index (χ2v) is 4.63. The van der Waals surface area contributed by atoms with Gasteiger partial charge in [0, 0.05) is 17.7 Å². The minimum absolute atomic E-state index is 0.220. The number of nitrogen functional groups attached to an aromatic ring is 1. The Morgan fingerprint density at radius 1 is 1.47 bits per heavy atom. The Labute approximate surface area is 115 Å². The SMILES string of the molecule is Cc1noc(C)c1CNC(=O)c1ccc(N)c(Cl)c1. The Morgan fingerprint density at radius 3 is 2.79 bits per heavy atom. The van der Waals surface area contributed by atoms with E-state index in [-0.39, 0.29) is 5.91 Å². The van der Waals surface area contributed by atoms with Gasteiger partial charge in [-0.3, -0.25) is 4.79 Å². The van der Waals surface area contributed by atoms with Gasteiger partial charge in [0.05, 0.1) is 16.4 Å². The summed E-state index contributed by atoms with van der Waals surface area (Å²) in [6, 6.07) is 4.77. The first-order valence-electron chi connectivity index (χ1n) is 5.74. The number of hydrogen-bond acceptors (Lipinski definition) is 4. The Balaban J connectivity index is 2.07. The quantitative estimate of drug-likeness (QED) is 0.846. The minimum atomic E-state index is -0.220. The smallest absolute Gasteiger partial charge is 0.251 e. The lowest BCUT2D eigenvalue weighted by Gasteiger charge is -2.06. The zero-order chi connectivity index (χ0) is 14.0. The molecule has 1 aromatic carbocycles. The first kappa shape index (κ1) is 13.4. The fraction of sp³-hybridized carbons (Fsp3) is 0.231. The van der Waals surface area contributed by atoms with Crippen molar-refractivity contribution in [1.29, 1.82) is 0 Å². The molecule has 5 nitrogen and oxygen atoms in total. The van der Waals surface area contributed by atoms with E-state index in [4.69, 9.17) is 21.9 Å². The molecule has 19 heavy (non-hydrogen) atoms. The summed E-state index contributed by atoms with van der Waals surface area (Å²) >= 11 is 5.88. The number of carbonyl (C=O) groups is 1. The van der Waals surface area contributed by atoms with Crippen LogP contribution in [0.5, 0.6) is 0 Å². The molecule has 0 saturated carbocycles. The van der Waals surface area contributed by atoms with Crippen LogP contribution < -0.4 is 11.1 Å². The molecule has 1 heterocycles. The number of aromatic nitrogens is 1. The van der Waals surface area contributed by atoms with E-state index in [0.29, 0.717) is 28.6 Å². The summed E-state index contributed by atoms with van der Waals surface area (Å²) in [5.74, 6) is 0.482. The highest BCUT2D eigenvalue weighted by molar-refractivity contribution is 6.33. The summed E-state index contributed by atoms with van der Waals surface area (Å²) in [5, 5.41) is 6.99. The van der Waals surface area contributed by atoms with Gasteiger partial charge in [0.25, 0.3) is 5.91 Å². The standard InChI is InChI=1S/C13H14ClN3O2/c1-7-10(8(2)19-17-7)6-16-13(18)9-3-4-12(15)11(14)5-9/h3-5H,6,15H2,1-2H3,(H,16,18). The number of aryl methyl sites for hydroxylation is 2. The third-order valence-electron chi connectivity index (χ3n) is 2.87. The average Bonchev–Trinajstić information content (AvgIpc) is 2.69. The fourth-order valence-corrected chi connectivity index (χ4v) is 1.87. The van der Waals surface area contributed by atoms with Gasteiger partial charge in [0.1, 0.15) is 5.76 Å². The normalized spacial score (nSPS) is 10.5. The number of nitrogens with one attached hydrogen (secondary N) is 1. The van der Waals surface area contributed by atoms with E-state index < -0.39 is 0 Å². The van der Waals surface area contributed by atoms with E-state index in [0.717, 1.165) is 11.3 Å². The number of nitrogens with zero attached hydrogens (tertiary/aromatic N) is 1. The maximum Gasteiger partial charge on any atom is 0.251 e. The molecule has 0 unspecified atom stereocenters. The van der Waals surface area contributed by atoms with Crippen LogP contribution in [-0.2, 0) is 6.54 Å². The van der Waals surface area contributed by atoms with Crippen molar-refractivity contribution in [2.75, 3.05) is 5.73 Å². The van der Waals surface area contributed by atoms with Crippen LogP contribution in [0.2, 0.25) is 5.02 Å². The van der Waals surface area contributed by atoms with Crippen molar-refractivity contribution in [2.45, 2.75) is 20.4 Å². The first-order chi connectivity index (χ1) is 8.99. The molecular weight excluding hydrogens is 266 g/mol. The molecule has 6 heteroatoms. The lowest BCUT2D eigenvalue weighted by molar-refractivity contribution is 0.0951. The lowest BCUT2D eigenvalue weighted by atomic mass is 10.1. The van der Waals surface area contributed by atoms with Crippen molar-refractivity contribution in [3.63, 3.8) is 0 Å². The molecule has 2 rings (SSSR count). The van der Waals surface area contributed by atoms with E-state index in [9.17, 15) is 4.79 Å². The third kappa shape index (κ3) is 2.88. The third-order valence-corrected chi connectivity index (χ3v) is 3.20. The molecule has 0 radical (unpaired) electrons. The molecule has 0 aliphatic rings. The molecule has 0 spiro atoms. The van der Waals surface area contributed by atoms with E-state index in [1.165, 1.54) is 0 Å². The number of carbonyl (C=O) groups excluding carboxylic acids is 1. The van der Waals surface area contributed by atoms with Gasteiger partial charge in [-0.15, -0.1) is 0 Å². The van der Waals surface area contributed by atoms with E-state index in [1.807, 2.05) is 13.8 Å². The topological polar surface area (TPSA) is 81.2 Å². The van der Waals surface area contributed by atoms with Crippen LogP contribution in [0.4, 0.5) is 5.69 Å². The van der Waals surface area contributed by atoms with Crippen molar-refractivity contribution >= 4 is 23.2 Å². The predicted octanol–water partition coefficient (Wildman–Crippen LogP) is 2.46. The lowest BCUT2D eigenvalue weighted by Crippen LogP contribution is -2.23. The highest BCUT2D eigenvalue weighted by atomic mass is 35.5. The molecule has 0 aliphatic carbocycles. The molecular formula is C13H14ClN3O2. The maximum absolute atomic E-state index is 12.0. The van der Waals surface area contributed by atoms with Crippen molar-refractivity contribution in [2.24, 2.45) is 0 Å². The van der Waals surface area contributed by atoms with Gasteiger partial charge in [-0.05, 0) is 32.0 Å². The predicted molar refractivity (Wildman–Crippen MR) is 73.0 cm³/mol. The number of nitrogens with two attached hydrogens (primary N) is 1. The van der Waals surface area contributed by atoms with Gasteiger partial charge >= 0.3 is 0 Å². The Bertz CT molecular complexity index is 603. The molecule has 100 valence electrons. The van der Waals surface area contributed by atoms with Crippen molar-refractivity contribution < 1.29 is 9.32 Å². The van der Waals surface area contributed by atoms with E-state index in [1.54, 1.807) is 18.2 Å². The Kier molecular flexibility index (Phi) is 3.76. The summed E-state index contributed by atoms with van der Waals surface area (Å²) < 4.78 is 5.03. The summed E-state index contributed by atoms with van der Waals surface area (Å²) in [6.45, 7) is 4.00. The largest absolute Gasteiger partial charge is 0.398 e. The monoisotopic (exact) mass is 279 g/mol. The van der Waals surface area contributed by atoms with Gasteiger partial charge in [0.15, 0.2) is 0 Å². The van der Waals surface area contributed by atoms with Crippen LogP contribution in [0.15, 0.2) is 22.7 Å².